The number of rotatable bonds is 3. The first-order valence-electron chi connectivity index (χ1n) is 7.93. The maximum atomic E-state index is 12.5. The van der Waals surface area contributed by atoms with E-state index in [9.17, 15) is 14.4 Å². The summed E-state index contributed by atoms with van der Waals surface area (Å²) in [5, 5.41) is 7.99. The van der Waals surface area contributed by atoms with E-state index in [1.807, 2.05) is 0 Å². The molecule has 7 heteroatoms. The average Bonchev–Trinajstić information content (AvgIpc) is 2.38. The predicted octanol–water partition coefficient (Wildman–Crippen LogP) is 0.695. The van der Waals surface area contributed by atoms with Crippen LogP contribution in [0.15, 0.2) is 0 Å². The largest absolute Gasteiger partial charge is 0.465 e. The number of hydrogen-bond acceptors (Lipinski definition) is 7. The second kappa shape index (κ2) is 4.87. The summed E-state index contributed by atoms with van der Waals surface area (Å²) in [6.45, 7) is 7.28. The molecule has 0 amide bonds. The highest BCUT2D eigenvalue weighted by molar-refractivity contribution is 6.45. The third kappa shape index (κ3) is 2.13. The van der Waals surface area contributed by atoms with E-state index in [1.54, 1.807) is 32.6 Å². The van der Waals surface area contributed by atoms with Gasteiger partial charge in [-0.05, 0) is 40.5 Å². The first-order chi connectivity index (χ1) is 10.6. The number of carbonyl (C=O) groups is 3. The lowest BCUT2D eigenvalue weighted by Gasteiger charge is -2.70. The van der Waals surface area contributed by atoms with Crippen LogP contribution in [-0.2, 0) is 23.9 Å². The van der Waals surface area contributed by atoms with Crippen molar-refractivity contribution in [2.45, 2.75) is 63.8 Å². The van der Waals surface area contributed by atoms with E-state index in [4.69, 9.17) is 14.9 Å². The number of nitrogens with zero attached hydrogens (tertiary/aromatic N) is 1. The van der Waals surface area contributed by atoms with Crippen molar-refractivity contribution in [3.05, 3.63) is 0 Å². The lowest BCUT2D eigenvalue weighted by Crippen LogP contribution is -2.88. The SMILES string of the molecule is CCOC(=O)[C@@H]1C(=N)C(=O)[C@H]2CC3(C(=O)OC(C)(C)C)C[C@@H]1N23. The van der Waals surface area contributed by atoms with E-state index in [0.29, 0.717) is 12.8 Å². The molecule has 7 nitrogen and oxygen atoms in total. The van der Waals surface area contributed by atoms with Crippen LogP contribution in [0.25, 0.3) is 0 Å². The molecule has 0 aromatic heterocycles. The lowest BCUT2D eigenvalue weighted by atomic mass is 9.56. The van der Waals surface area contributed by atoms with E-state index in [-0.39, 0.29) is 30.1 Å². The predicted molar refractivity (Wildman–Crippen MR) is 80.1 cm³/mol. The highest BCUT2D eigenvalue weighted by atomic mass is 16.6. The summed E-state index contributed by atoms with van der Waals surface area (Å²) in [6, 6.07) is -0.787. The van der Waals surface area contributed by atoms with Gasteiger partial charge in [-0.15, -0.1) is 0 Å². The maximum absolute atomic E-state index is 12.5. The fourth-order valence-electron chi connectivity index (χ4n) is 3.95. The molecule has 3 aliphatic rings. The van der Waals surface area contributed by atoms with Crippen LogP contribution in [0.3, 0.4) is 0 Å². The lowest BCUT2D eigenvalue weighted by molar-refractivity contribution is -0.236. The van der Waals surface area contributed by atoms with Crippen molar-refractivity contribution in [2.75, 3.05) is 6.61 Å². The van der Waals surface area contributed by atoms with Crippen LogP contribution < -0.4 is 0 Å². The summed E-state index contributed by atoms with van der Waals surface area (Å²) in [7, 11) is 0. The van der Waals surface area contributed by atoms with E-state index in [0.717, 1.165) is 0 Å². The van der Waals surface area contributed by atoms with Gasteiger partial charge in [0, 0.05) is 6.04 Å². The van der Waals surface area contributed by atoms with Crippen molar-refractivity contribution in [1.29, 1.82) is 5.41 Å². The normalized spacial score (nSPS) is 35.7. The van der Waals surface area contributed by atoms with Gasteiger partial charge in [-0.2, -0.15) is 0 Å². The van der Waals surface area contributed by atoms with Crippen LogP contribution in [0, 0.1) is 11.3 Å². The maximum Gasteiger partial charge on any atom is 0.327 e. The molecule has 0 aliphatic carbocycles. The van der Waals surface area contributed by atoms with Crippen molar-refractivity contribution in [1.82, 2.24) is 4.90 Å². The average molecular weight is 322 g/mol. The van der Waals surface area contributed by atoms with Gasteiger partial charge >= 0.3 is 11.9 Å². The zero-order valence-electron chi connectivity index (χ0n) is 13.8. The van der Waals surface area contributed by atoms with Crippen LogP contribution >= 0.6 is 0 Å². The zero-order valence-corrected chi connectivity index (χ0v) is 13.8. The summed E-state index contributed by atoms with van der Waals surface area (Å²) >= 11 is 0. The summed E-state index contributed by atoms with van der Waals surface area (Å²) in [4.78, 5) is 38.7. The molecular formula is C16H22N2O5. The van der Waals surface area contributed by atoms with Crippen LogP contribution in [0.2, 0.25) is 0 Å². The molecule has 0 bridgehead atoms. The first kappa shape index (κ1) is 16.1. The van der Waals surface area contributed by atoms with E-state index in [2.05, 4.69) is 0 Å². The number of ether oxygens (including phenoxy) is 2. The summed E-state index contributed by atoms with van der Waals surface area (Å²) in [5.41, 5.74) is -1.59. The first-order valence-corrected chi connectivity index (χ1v) is 7.93. The summed E-state index contributed by atoms with van der Waals surface area (Å²) in [5.74, 6) is -2.17. The minimum atomic E-state index is -0.894. The number of hydrogen-bond donors (Lipinski definition) is 1. The van der Waals surface area contributed by atoms with Crippen molar-refractivity contribution < 1.29 is 23.9 Å². The van der Waals surface area contributed by atoms with Crippen LogP contribution in [0.1, 0.15) is 40.5 Å². The van der Waals surface area contributed by atoms with Gasteiger partial charge in [-0.1, -0.05) is 0 Å². The van der Waals surface area contributed by atoms with Crippen molar-refractivity contribution >= 4 is 23.4 Å². The number of ketones is 1. The Morgan fingerprint density at radius 1 is 1.35 bits per heavy atom. The van der Waals surface area contributed by atoms with Gasteiger partial charge in [-0.3, -0.25) is 19.3 Å². The van der Waals surface area contributed by atoms with Crippen LogP contribution in [0.4, 0.5) is 0 Å². The molecule has 3 aliphatic heterocycles. The molecular weight excluding hydrogens is 300 g/mol. The summed E-state index contributed by atoms with van der Waals surface area (Å²) < 4.78 is 10.5. The molecule has 0 saturated carbocycles. The second-order valence-electron chi connectivity index (χ2n) is 7.44. The Balaban J connectivity index is 1.82. The number of Topliss-reactive ketones (excluding diaryl/α,β-unsaturated/α-hetero) is 1. The molecule has 23 heavy (non-hydrogen) atoms. The molecule has 3 heterocycles. The van der Waals surface area contributed by atoms with Gasteiger partial charge in [0.15, 0.2) is 5.78 Å². The molecule has 0 aromatic carbocycles. The standard InChI is InChI=1S/C16H22N2O5/c1-5-22-13(20)10-8-6-16(14(21)23-15(2,3)4)7-9(18(8)16)12(19)11(10)17/h8-10,17H,5-7H2,1-4H3/t8-,9+,10-,16?/m0/s1. The van der Waals surface area contributed by atoms with Crippen molar-refractivity contribution in [3.8, 4) is 0 Å². The Hall–Kier alpha value is -1.76. The number of carbonyl (C=O) groups excluding carboxylic acids is 3. The van der Waals surface area contributed by atoms with Crippen molar-refractivity contribution in [3.63, 3.8) is 0 Å². The van der Waals surface area contributed by atoms with Gasteiger partial charge in [0.05, 0.1) is 18.4 Å². The number of esters is 2. The van der Waals surface area contributed by atoms with Crippen LogP contribution in [0.5, 0.6) is 0 Å². The quantitative estimate of drug-likeness (QED) is 0.768. The molecule has 0 radical (unpaired) electrons. The van der Waals surface area contributed by atoms with Gasteiger partial charge in [-0.25, -0.2) is 0 Å². The van der Waals surface area contributed by atoms with Gasteiger partial charge in [0.25, 0.3) is 0 Å². The van der Waals surface area contributed by atoms with Crippen molar-refractivity contribution in [2.24, 2.45) is 5.92 Å². The third-order valence-electron chi connectivity index (χ3n) is 4.85. The minimum Gasteiger partial charge on any atom is -0.465 e. The fraction of sp³-hybridized carbons (Fsp3) is 0.750. The second-order valence-corrected chi connectivity index (χ2v) is 7.44. The van der Waals surface area contributed by atoms with E-state index in [1.165, 1.54) is 0 Å². The fourth-order valence-corrected chi connectivity index (χ4v) is 3.95. The monoisotopic (exact) mass is 322 g/mol. The number of nitrogens with one attached hydrogen (secondary N) is 1. The molecule has 4 atom stereocenters. The van der Waals surface area contributed by atoms with Crippen LogP contribution in [-0.4, -0.2) is 58.2 Å². The zero-order chi connectivity index (χ0) is 17.2. The molecule has 3 saturated heterocycles. The Morgan fingerprint density at radius 3 is 2.57 bits per heavy atom. The van der Waals surface area contributed by atoms with E-state index >= 15 is 0 Å². The third-order valence-corrected chi connectivity index (χ3v) is 4.85. The Labute approximate surface area is 134 Å². The number of piperidine rings is 2. The smallest absolute Gasteiger partial charge is 0.327 e. The molecule has 0 aromatic rings. The molecule has 3 fully saturated rings. The van der Waals surface area contributed by atoms with Gasteiger partial charge in [0.2, 0.25) is 0 Å². The molecule has 1 unspecified atom stereocenters. The van der Waals surface area contributed by atoms with Gasteiger partial charge in [0.1, 0.15) is 17.1 Å². The molecule has 0 spiro atoms. The minimum absolute atomic E-state index is 0.188. The Kier molecular flexibility index (Phi) is 3.41. The van der Waals surface area contributed by atoms with E-state index < -0.39 is 29.1 Å². The molecule has 126 valence electrons. The molecule has 3 rings (SSSR count). The summed E-state index contributed by atoms with van der Waals surface area (Å²) in [6.07, 6.45) is 0.798. The van der Waals surface area contributed by atoms with Gasteiger partial charge < -0.3 is 14.9 Å². The highest BCUT2D eigenvalue weighted by Gasteiger charge is 2.75. The topological polar surface area (TPSA) is 96.8 Å². The highest BCUT2D eigenvalue weighted by Crippen LogP contribution is 2.57. The Morgan fingerprint density at radius 2 is 2.00 bits per heavy atom. The molecule has 1 N–H and O–H groups in total. The Bertz CT molecular complexity index is 608.